The van der Waals surface area contributed by atoms with Crippen molar-refractivity contribution in [2.45, 2.75) is 25.8 Å². The Kier molecular flexibility index (Phi) is 25.8. The zero-order valence-electron chi connectivity index (χ0n) is 30.7. The highest BCUT2D eigenvalue weighted by molar-refractivity contribution is 6.99. The lowest BCUT2D eigenvalue weighted by molar-refractivity contribution is -0.0260. The van der Waals surface area contributed by atoms with E-state index in [4.69, 9.17) is 51.8 Å². The Hall–Kier alpha value is -2.20. The number of benzene rings is 2. The first-order chi connectivity index (χ1) is 24.5. The third-order valence-electron chi connectivity index (χ3n) is 7.40. The van der Waals surface area contributed by atoms with Gasteiger partial charge in [-0.25, -0.2) is 0 Å². The van der Waals surface area contributed by atoms with Crippen LogP contribution in [-0.4, -0.2) is 140 Å². The highest BCUT2D eigenvalue weighted by Gasteiger charge is 2.50. The first-order valence-corrected chi connectivity index (χ1v) is 19.6. The molecule has 0 saturated heterocycles. The van der Waals surface area contributed by atoms with Crippen LogP contribution in [0.5, 0.6) is 0 Å². The van der Waals surface area contributed by atoms with Crippen LogP contribution in [-0.2, 0) is 51.8 Å². The van der Waals surface area contributed by atoms with Gasteiger partial charge >= 0.3 is 0 Å². The lowest BCUT2D eigenvalue weighted by atomic mass is 10.2. The maximum Gasteiger partial charge on any atom is 0.261 e. The fourth-order valence-electron chi connectivity index (χ4n) is 5.07. The number of hydrogen-bond donors (Lipinski definition) is 0. The lowest BCUT2D eigenvalue weighted by Crippen LogP contribution is -2.66. The molecule has 2 aromatic rings. The molecule has 0 aromatic heterocycles. The van der Waals surface area contributed by atoms with Crippen molar-refractivity contribution >= 4 is 18.7 Å². The first kappa shape index (κ1) is 44.0. The van der Waals surface area contributed by atoms with E-state index in [1.807, 2.05) is 0 Å². The number of hydrogen-bond acceptors (Lipinski definition) is 11. The Bertz CT molecular complexity index is 1000. The fourth-order valence-corrected chi connectivity index (χ4v) is 9.61. The van der Waals surface area contributed by atoms with E-state index in [0.29, 0.717) is 132 Å². The van der Waals surface area contributed by atoms with E-state index < -0.39 is 8.32 Å². The van der Waals surface area contributed by atoms with Crippen LogP contribution in [0.1, 0.15) is 20.8 Å². The molecule has 0 unspecified atom stereocenters. The van der Waals surface area contributed by atoms with Gasteiger partial charge < -0.3 is 51.8 Å². The van der Waals surface area contributed by atoms with Crippen LogP contribution in [0.15, 0.2) is 73.5 Å². The van der Waals surface area contributed by atoms with Gasteiger partial charge in [-0.15, -0.1) is 0 Å². The average molecular weight is 723 g/mol. The van der Waals surface area contributed by atoms with Gasteiger partial charge in [-0.1, -0.05) is 88.0 Å². The minimum Gasteiger partial charge on any atom is -0.499 e. The minimum atomic E-state index is -2.54. The van der Waals surface area contributed by atoms with Gasteiger partial charge in [0, 0.05) is 0 Å². The number of ether oxygens (including phenoxy) is 10. The van der Waals surface area contributed by atoms with Crippen molar-refractivity contribution in [3.63, 3.8) is 0 Å². The van der Waals surface area contributed by atoms with Gasteiger partial charge in [0.05, 0.1) is 132 Å². The molecule has 0 N–H and O–H groups in total. The van der Waals surface area contributed by atoms with E-state index in [1.165, 1.54) is 16.6 Å². The Labute approximate surface area is 301 Å². The third kappa shape index (κ3) is 19.4. The standard InChI is InChI=1S/C38H62O11Si/c1-5-39-16-17-40-18-19-41-20-21-42-22-23-43-24-25-44-26-27-45-28-29-46-30-31-47-32-33-48-34-35-49-50(38(2,3)4,36-12-8-6-9-13-36)37-14-10-7-11-15-37/h5-15H,1,16-35H2,2-4H3. The van der Waals surface area contributed by atoms with E-state index in [-0.39, 0.29) is 5.04 Å². The van der Waals surface area contributed by atoms with Gasteiger partial charge in [-0.2, -0.15) is 0 Å². The molecule has 0 fully saturated rings. The summed E-state index contributed by atoms with van der Waals surface area (Å²) in [6, 6.07) is 21.3. The fraction of sp³-hybridized carbons (Fsp3) is 0.632. The van der Waals surface area contributed by atoms with Crippen LogP contribution in [0.3, 0.4) is 0 Å². The summed E-state index contributed by atoms with van der Waals surface area (Å²) >= 11 is 0. The molecule has 0 saturated carbocycles. The first-order valence-electron chi connectivity index (χ1n) is 17.7. The molecule has 0 radical (unpaired) electrons. The second-order valence-electron chi connectivity index (χ2n) is 12.1. The van der Waals surface area contributed by atoms with Crippen LogP contribution >= 0.6 is 0 Å². The smallest absolute Gasteiger partial charge is 0.261 e. The molecule has 0 spiro atoms. The second-order valence-corrected chi connectivity index (χ2v) is 16.4. The summed E-state index contributed by atoms with van der Waals surface area (Å²) in [5.74, 6) is 0. The van der Waals surface area contributed by atoms with Gasteiger partial charge in [0.25, 0.3) is 8.32 Å². The second kappa shape index (κ2) is 29.4. The van der Waals surface area contributed by atoms with Crippen molar-refractivity contribution in [2.75, 3.05) is 132 Å². The molecule has 11 nitrogen and oxygen atoms in total. The van der Waals surface area contributed by atoms with E-state index in [2.05, 4.69) is 88.0 Å². The SMILES string of the molecule is C=COCCOCCOCCOCCOCCOCCOCCOCCOCCOCCO[Si](c1ccccc1)(c1ccccc1)C(C)(C)C. The molecule has 0 heterocycles. The molecule has 0 aliphatic heterocycles. The zero-order valence-corrected chi connectivity index (χ0v) is 31.7. The van der Waals surface area contributed by atoms with Crippen LogP contribution < -0.4 is 10.4 Å². The topological polar surface area (TPSA) is 102 Å². The Morgan fingerprint density at radius 1 is 0.420 bits per heavy atom. The minimum absolute atomic E-state index is 0.0549. The monoisotopic (exact) mass is 722 g/mol. The van der Waals surface area contributed by atoms with Crippen molar-refractivity contribution in [1.82, 2.24) is 0 Å². The van der Waals surface area contributed by atoms with Crippen LogP contribution in [0.2, 0.25) is 5.04 Å². The molecule has 2 aromatic carbocycles. The van der Waals surface area contributed by atoms with Gasteiger partial charge in [0.1, 0.15) is 6.61 Å². The summed E-state index contributed by atoms with van der Waals surface area (Å²) in [6.07, 6.45) is 1.40. The molecule has 0 bridgehead atoms. The van der Waals surface area contributed by atoms with Crippen LogP contribution in [0.25, 0.3) is 0 Å². The van der Waals surface area contributed by atoms with Crippen LogP contribution in [0, 0.1) is 0 Å². The normalized spacial score (nSPS) is 12.0. The van der Waals surface area contributed by atoms with Crippen molar-refractivity contribution in [3.8, 4) is 0 Å². The molecule has 2 rings (SSSR count). The quantitative estimate of drug-likeness (QED) is 0.0598. The summed E-state index contributed by atoms with van der Waals surface area (Å²) in [7, 11) is -2.54. The van der Waals surface area contributed by atoms with Gasteiger partial charge in [-0.3, -0.25) is 0 Å². The van der Waals surface area contributed by atoms with Crippen LogP contribution in [0.4, 0.5) is 0 Å². The van der Waals surface area contributed by atoms with Gasteiger partial charge in [0.15, 0.2) is 0 Å². The van der Waals surface area contributed by atoms with E-state index >= 15 is 0 Å². The maximum absolute atomic E-state index is 6.84. The molecular formula is C38H62O11Si. The summed E-state index contributed by atoms with van der Waals surface area (Å²) in [4.78, 5) is 0. The third-order valence-corrected chi connectivity index (χ3v) is 12.4. The maximum atomic E-state index is 6.84. The van der Waals surface area contributed by atoms with E-state index in [1.54, 1.807) is 0 Å². The van der Waals surface area contributed by atoms with Crippen molar-refractivity contribution in [2.24, 2.45) is 0 Å². The number of rotatable bonds is 34. The lowest BCUT2D eigenvalue weighted by Gasteiger charge is -2.43. The summed E-state index contributed by atoms with van der Waals surface area (Å²) < 4.78 is 61.6. The highest BCUT2D eigenvalue weighted by atomic mass is 28.4. The molecule has 0 aliphatic carbocycles. The van der Waals surface area contributed by atoms with Gasteiger partial charge in [-0.05, 0) is 15.4 Å². The van der Waals surface area contributed by atoms with Gasteiger partial charge in [0.2, 0.25) is 0 Å². The largest absolute Gasteiger partial charge is 0.499 e. The molecule has 0 amide bonds. The van der Waals surface area contributed by atoms with E-state index in [0.717, 1.165) is 0 Å². The Balaban J connectivity index is 1.34. The average Bonchev–Trinajstić information content (AvgIpc) is 3.12. The Morgan fingerprint density at radius 2 is 0.680 bits per heavy atom. The summed E-state index contributed by atoms with van der Waals surface area (Å²) in [6.45, 7) is 20.5. The Morgan fingerprint density at radius 3 is 0.940 bits per heavy atom. The van der Waals surface area contributed by atoms with E-state index in [9.17, 15) is 0 Å². The highest BCUT2D eigenvalue weighted by Crippen LogP contribution is 2.36. The van der Waals surface area contributed by atoms with Crippen molar-refractivity contribution in [1.29, 1.82) is 0 Å². The molecule has 0 atom stereocenters. The predicted molar refractivity (Wildman–Crippen MR) is 197 cm³/mol. The van der Waals surface area contributed by atoms with Crippen molar-refractivity contribution in [3.05, 3.63) is 73.5 Å². The molecule has 284 valence electrons. The molecule has 0 aliphatic rings. The molecular weight excluding hydrogens is 660 g/mol. The molecule has 50 heavy (non-hydrogen) atoms. The molecule has 12 heteroatoms. The summed E-state index contributed by atoms with van der Waals surface area (Å²) in [5.41, 5.74) is 0. The summed E-state index contributed by atoms with van der Waals surface area (Å²) in [5, 5.41) is 2.48. The van der Waals surface area contributed by atoms with Crippen molar-refractivity contribution < 1.29 is 51.8 Å². The zero-order chi connectivity index (χ0) is 35.9. The predicted octanol–water partition coefficient (Wildman–Crippen LogP) is 3.87.